The van der Waals surface area contributed by atoms with E-state index < -0.39 is 10.0 Å². The molecule has 0 bridgehead atoms. The Morgan fingerprint density at radius 2 is 1.81 bits per heavy atom. The largest absolute Gasteiger partial charge is 0.379 e. The van der Waals surface area contributed by atoms with E-state index >= 15 is 0 Å². The van der Waals surface area contributed by atoms with Gasteiger partial charge in [0.1, 0.15) is 5.65 Å². The molecule has 0 unspecified atom stereocenters. The number of fused-ring (bicyclic) bond motifs is 1. The maximum absolute atomic E-state index is 13.0. The van der Waals surface area contributed by atoms with Crippen LogP contribution in [0.1, 0.15) is 5.69 Å². The Hall–Kier alpha value is -3.36. The molecular weight excluding hydrogens is 436 g/mol. The molecule has 0 saturated carbocycles. The van der Waals surface area contributed by atoms with Gasteiger partial charge in [-0.2, -0.15) is 0 Å². The van der Waals surface area contributed by atoms with Crippen molar-refractivity contribution in [2.75, 3.05) is 16.7 Å². The lowest BCUT2D eigenvalue weighted by molar-refractivity contribution is 0.594. The lowest BCUT2D eigenvalue weighted by Crippen LogP contribution is -2.26. The smallest absolute Gasteiger partial charge is 0.264 e. The van der Waals surface area contributed by atoms with Crippen LogP contribution < -0.4 is 15.2 Å². The molecule has 0 aliphatic heterocycles. The molecule has 0 aliphatic rings. The normalized spacial score (nSPS) is 11.4. The minimum absolute atomic E-state index is 0.157. The van der Waals surface area contributed by atoms with E-state index in [1.165, 1.54) is 28.0 Å². The van der Waals surface area contributed by atoms with Gasteiger partial charge >= 0.3 is 0 Å². The van der Waals surface area contributed by atoms with Gasteiger partial charge in [0, 0.05) is 25.0 Å². The third kappa shape index (κ3) is 4.40. The molecule has 0 aliphatic carbocycles. The average molecular weight is 455 g/mol. The van der Waals surface area contributed by atoms with Crippen LogP contribution in [0.4, 0.5) is 11.4 Å². The van der Waals surface area contributed by atoms with Crippen molar-refractivity contribution in [3.05, 3.63) is 100 Å². The van der Waals surface area contributed by atoms with Gasteiger partial charge in [-0.3, -0.25) is 13.5 Å². The van der Waals surface area contributed by atoms with Crippen LogP contribution in [0.2, 0.25) is 5.02 Å². The van der Waals surface area contributed by atoms with E-state index in [1.54, 1.807) is 60.7 Å². The second-order valence-corrected chi connectivity index (χ2v) is 9.26. The van der Waals surface area contributed by atoms with Crippen molar-refractivity contribution in [1.29, 1.82) is 0 Å². The van der Waals surface area contributed by atoms with Crippen molar-refractivity contribution in [1.82, 2.24) is 9.38 Å². The van der Waals surface area contributed by atoms with E-state index in [0.29, 0.717) is 27.7 Å². The first kappa shape index (κ1) is 20.9. The molecule has 0 spiro atoms. The molecule has 4 rings (SSSR count). The number of nitrogens with zero attached hydrogens (tertiary/aromatic N) is 3. The van der Waals surface area contributed by atoms with Gasteiger partial charge in [-0.15, -0.1) is 0 Å². The van der Waals surface area contributed by atoms with Crippen LogP contribution >= 0.6 is 11.6 Å². The van der Waals surface area contributed by atoms with Gasteiger partial charge in [0.2, 0.25) is 0 Å². The number of aromatic nitrogens is 2. The van der Waals surface area contributed by atoms with Crippen LogP contribution in [0.5, 0.6) is 0 Å². The highest BCUT2D eigenvalue weighted by atomic mass is 35.5. The molecule has 0 atom stereocenters. The minimum Gasteiger partial charge on any atom is -0.379 e. The lowest BCUT2D eigenvalue weighted by Gasteiger charge is -2.20. The maximum Gasteiger partial charge on any atom is 0.264 e. The highest BCUT2D eigenvalue weighted by molar-refractivity contribution is 7.92. The zero-order chi connectivity index (χ0) is 22.0. The summed E-state index contributed by atoms with van der Waals surface area (Å²) in [5.41, 5.74) is 1.93. The molecule has 158 valence electrons. The monoisotopic (exact) mass is 454 g/mol. The summed E-state index contributed by atoms with van der Waals surface area (Å²) in [4.78, 5) is 16.9. The van der Waals surface area contributed by atoms with E-state index in [2.05, 4.69) is 10.3 Å². The Kier molecular flexibility index (Phi) is 5.67. The third-order valence-electron chi connectivity index (χ3n) is 4.76. The zero-order valence-electron chi connectivity index (χ0n) is 16.6. The Morgan fingerprint density at radius 1 is 1.03 bits per heavy atom. The summed E-state index contributed by atoms with van der Waals surface area (Å²) in [7, 11) is -2.21. The number of hydrogen-bond donors (Lipinski definition) is 1. The van der Waals surface area contributed by atoms with Gasteiger partial charge in [0.15, 0.2) is 0 Å². The zero-order valence-corrected chi connectivity index (χ0v) is 18.1. The Balaban J connectivity index is 1.56. The molecule has 2 aromatic carbocycles. The van der Waals surface area contributed by atoms with E-state index in [9.17, 15) is 13.2 Å². The maximum atomic E-state index is 13.0. The molecule has 0 saturated heterocycles. The van der Waals surface area contributed by atoms with Gasteiger partial charge in [-0.05, 0) is 42.5 Å². The van der Waals surface area contributed by atoms with Crippen molar-refractivity contribution in [3.8, 4) is 0 Å². The highest BCUT2D eigenvalue weighted by Crippen LogP contribution is 2.23. The van der Waals surface area contributed by atoms with Crippen LogP contribution in [-0.4, -0.2) is 24.9 Å². The summed E-state index contributed by atoms with van der Waals surface area (Å²) in [6.07, 6.45) is 1.51. The van der Waals surface area contributed by atoms with E-state index in [0.717, 1.165) is 0 Å². The third-order valence-corrected chi connectivity index (χ3v) is 6.77. The molecule has 0 radical (unpaired) electrons. The fourth-order valence-electron chi connectivity index (χ4n) is 3.11. The van der Waals surface area contributed by atoms with Crippen LogP contribution in [0.25, 0.3) is 5.65 Å². The minimum atomic E-state index is -3.73. The molecule has 2 heterocycles. The van der Waals surface area contributed by atoms with Crippen molar-refractivity contribution in [3.63, 3.8) is 0 Å². The van der Waals surface area contributed by atoms with Gasteiger partial charge in [0.05, 0.1) is 27.8 Å². The number of pyridine rings is 1. The molecule has 31 heavy (non-hydrogen) atoms. The number of benzene rings is 2. The second kappa shape index (κ2) is 8.41. The van der Waals surface area contributed by atoms with Crippen LogP contribution in [-0.2, 0) is 16.6 Å². The standard InChI is InChI=1S/C22H19ClN4O3S/c1-26(19-7-3-2-4-8-19)31(29,30)20-9-5-6-17(12-20)24-14-18-13-22(28)27-15-16(23)10-11-21(27)25-18/h2-13,15,24H,14H2,1H3. The number of hydrogen-bond acceptors (Lipinski definition) is 5. The number of sulfonamides is 1. The first-order chi connectivity index (χ1) is 14.8. The lowest BCUT2D eigenvalue weighted by atomic mass is 10.3. The summed E-state index contributed by atoms with van der Waals surface area (Å²) in [5, 5.41) is 3.58. The fraction of sp³-hybridized carbons (Fsp3) is 0.0909. The first-order valence-corrected chi connectivity index (χ1v) is 11.2. The van der Waals surface area contributed by atoms with Crippen LogP contribution in [0.3, 0.4) is 0 Å². The molecule has 7 nitrogen and oxygen atoms in total. The molecule has 0 fully saturated rings. The van der Waals surface area contributed by atoms with Crippen molar-refractivity contribution >= 4 is 38.6 Å². The van der Waals surface area contributed by atoms with Gasteiger partial charge in [-0.1, -0.05) is 35.9 Å². The quantitative estimate of drug-likeness (QED) is 0.479. The number of anilines is 2. The fourth-order valence-corrected chi connectivity index (χ4v) is 4.51. The average Bonchev–Trinajstić information content (AvgIpc) is 2.78. The van der Waals surface area contributed by atoms with Gasteiger partial charge < -0.3 is 5.32 Å². The summed E-state index contributed by atoms with van der Waals surface area (Å²) >= 11 is 5.93. The Labute approximate surface area is 184 Å². The SMILES string of the molecule is CN(c1ccccc1)S(=O)(=O)c1cccc(NCc2cc(=O)n3cc(Cl)ccc3n2)c1. The number of rotatable bonds is 6. The van der Waals surface area contributed by atoms with Gasteiger partial charge in [0.25, 0.3) is 15.6 Å². The molecule has 1 N–H and O–H groups in total. The number of halogens is 1. The van der Waals surface area contributed by atoms with Crippen LogP contribution in [0, 0.1) is 0 Å². The Bertz CT molecular complexity index is 1410. The summed E-state index contributed by atoms with van der Waals surface area (Å²) in [6.45, 7) is 0.256. The van der Waals surface area contributed by atoms with Crippen molar-refractivity contribution < 1.29 is 8.42 Å². The summed E-state index contributed by atoms with van der Waals surface area (Å²) < 4.78 is 28.6. The van der Waals surface area contributed by atoms with E-state index in [1.807, 2.05) is 6.07 Å². The van der Waals surface area contributed by atoms with E-state index in [-0.39, 0.29) is 17.0 Å². The van der Waals surface area contributed by atoms with E-state index in [4.69, 9.17) is 11.6 Å². The second-order valence-electron chi connectivity index (χ2n) is 6.85. The van der Waals surface area contributed by atoms with Crippen LogP contribution in [0.15, 0.2) is 88.7 Å². The van der Waals surface area contributed by atoms with Crippen molar-refractivity contribution in [2.24, 2.45) is 0 Å². The summed E-state index contributed by atoms with van der Waals surface area (Å²) in [5.74, 6) is 0. The number of nitrogens with one attached hydrogen (secondary N) is 1. The first-order valence-electron chi connectivity index (χ1n) is 9.40. The number of para-hydroxylation sites is 1. The van der Waals surface area contributed by atoms with Gasteiger partial charge in [-0.25, -0.2) is 13.4 Å². The molecule has 4 aromatic rings. The molecule has 2 aromatic heterocycles. The predicted octanol–water partition coefficient (Wildman–Crippen LogP) is 3.79. The van der Waals surface area contributed by atoms with Crippen molar-refractivity contribution in [2.45, 2.75) is 11.4 Å². The Morgan fingerprint density at radius 3 is 2.58 bits per heavy atom. The predicted molar refractivity (Wildman–Crippen MR) is 122 cm³/mol. The molecule has 0 amide bonds. The molecular formula is C22H19ClN4O3S. The summed E-state index contributed by atoms with van der Waals surface area (Å²) in [6, 6.07) is 20.1. The molecule has 9 heteroatoms. The topological polar surface area (TPSA) is 83.8 Å². The highest BCUT2D eigenvalue weighted by Gasteiger charge is 2.21.